The van der Waals surface area contributed by atoms with Gasteiger partial charge in [-0.15, -0.1) is 0 Å². The van der Waals surface area contributed by atoms with Crippen LogP contribution in [-0.4, -0.2) is 37.2 Å². The summed E-state index contributed by atoms with van der Waals surface area (Å²) >= 11 is 0. The van der Waals surface area contributed by atoms with Gasteiger partial charge in [0.05, 0.1) is 13.2 Å². The van der Waals surface area contributed by atoms with Crippen molar-refractivity contribution in [2.24, 2.45) is 5.73 Å². The lowest BCUT2D eigenvalue weighted by molar-refractivity contribution is -0.138. The number of methoxy groups -OCH3 is 1. The molecule has 0 amide bonds. The van der Waals surface area contributed by atoms with E-state index in [2.05, 4.69) is 5.43 Å². The maximum Gasteiger partial charge on any atom is 0.356 e. The van der Waals surface area contributed by atoms with Crippen molar-refractivity contribution in [3.8, 4) is 0 Å². The fourth-order valence-electron chi connectivity index (χ4n) is 1.90. The molecule has 5 nitrogen and oxygen atoms in total. The number of rotatable bonds is 3. The molecule has 0 saturated carbocycles. The average molecular weight is 221 g/mol. The zero-order valence-electron chi connectivity index (χ0n) is 9.14. The van der Waals surface area contributed by atoms with Gasteiger partial charge in [-0.3, -0.25) is 5.01 Å². The summed E-state index contributed by atoms with van der Waals surface area (Å²) in [5.41, 5.74) is 10.2. The van der Waals surface area contributed by atoms with Gasteiger partial charge in [-0.25, -0.2) is 10.2 Å². The number of fused-ring (bicyclic) bond motifs is 1. The highest BCUT2D eigenvalue weighted by Gasteiger charge is 2.33. The molecule has 16 heavy (non-hydrogen) atoms. The van der Waals surface area contributed by atoms with Crippen LogP contribution in [0, 0.1) is 0 Å². The summed E-state index contributed by atoms with van der Waals surface area (Å²) in [6.07, 6.45) is 7.76. The van der Waals surface area contributed by atoms with Crippen LogP contribution < -0.4 is 11.2 Å². The fraction of sp³-hybridized carbons (Fsp3) is 0.364. The molecule has 0 fully saturated rings. The number of esters is 1. The van der Waals surface area contributed by atoms with Gasteiger partial charge in [0.15, 0.2) is 0 Å². The molecule has 1 aliphatic heterocycles. The SMILES string of the molecule is COC(=O)C1=C2C=CC=CC2NN1CCN. The van der Waals surface area contributed by atoms with Gasteiger partial charge in [0.2, 0.25) is 0 Å². The van der Waals surface area contributed by atoms with Crippen molar-refractivity contribution < 1.29 is 9.53 Å². The summed E-state index contributed by atoms with van der Waals surface area (Å²) in [5, 5.41) is 1.76. The molecular weight excluding hydrogens is 206 g/mol. The second kappa shape index (κ2) is 4.51. The maximum absolute atomic E-state index is 11.7. The number of nitrogens with two attached hydrogens (primary N) is 1. The highest BCUT2D eigenvalue weighted by molar-refractivity contribution is 5.90. The molecule has 0 aromatic carbocycles. The molecular formula is C11H15N3O2. The molecule has 0 bridgehead atoms. The standard InChI is InChI=1S/C11H15N3O2/c1-16-11(15)10-8-4-2-3-5-9(8)13-14(10)7-6-12/h2-5,9,13H,6-7,12H2,1H3. The van der Waals surface area contributed by atoms with Crippen LogP contribution in [0.4, 0.5) is 0 Å². The van der Waals surface area contributed by atoms with Crippen molar-refractivity contribution >= 4 is 5.97 Å². The molecule has 1 atom stereocenters. The molecule has 0 aromatic rings. The number of ether oxygens (including phenoxy) is 1. The lowest BCUT2D eigenvalue weighted by Gasteiger charge is -2.20. The third-order valence-electron chi connectivity index (χ3n) is 2.60. The maximum atomic E-state index is 11.7. The van der Waals surface area contributed by atoms with Crippen molar-refractivity contribution in [2.75, 3.05) is 20.2 Å². The van der Waals surface area contributed by atoms with Crippen LogP contribution in [0.1, 0.15) is 0 Å². The number of carbonyl (C=O) groups is 1. The van der Waals surface area contributed by atoms with E-state index in [4.69, 9.17) is 10.5 Å². The van der Waals surface area contributed by atoms with Gasteiger partial charge in [0, 0.05) is 18.7 Å². The van der Waals surface area contributed by atoms with Crippen LogP contribution in [-0.2, 0) is 9.53 Å². The first kappa shape index (κ1) is 10.9. The van der Waals surface area contributed by atoms with Crippen LogP contribution in [0.3, 0.4) is 0 Å². The Morgan fingerprint density at radius 3 is 3.12 bits per heavy atom. The Bertz CT molecular complexity index is 385. The molecule has 0 radical (unpaired) electrons. The Balaban J connectivity index is 2.33. The summed E-state index contributed by atoms with van der Waals surface area (Å²) in [6, 6.07) is 0.0469. The quantitative estimate of drug-likeness (QED) is 0.640. The van der Waals surface area contributed by atoms with Gasteiger partial charge >= 0.3 is 5.97 Å². The number of hydrogen-bond acceptors (Lipinski definition) is 5. The third kappa shape index (κ3) is 1.75. The minimum Gasteiger partial charge on any atom is -0.464 e. The second-order valence-electron chi connectivity index (χ2n) is 3.59. The van der Waals surface area contributed by atoms with Crippen molar-refractivity contribution in [1.82, 2.24) is 10.4 Å². The number of carbonyl (C=O) groups excluding carboxylic acids is 1. The lowest BCUT2D eigenvalue weighted by atomic mass is 10.0. The first-order chi connectivity index (χ1) is 7.77. The predicted octanol–water partition coefficient (Wildman–Crippen LogP) is -0.313. The highest BCUT2D eigenvalue weighted by atomic mass is 16.5. The van der Waals surface area contributed by atoms with Gasteiger partial charge < -0.3 is 10.5 Å². The zero-order valence-corrected chi connectivity index (χ0v) is 9.14. The first-order valence-corrected chi connectivity index (χ1v) is 5.19. The monoisotopic (exact) mass is 221 g/mol. The van der Waals surface area contributed by atoms with Crippen molar-refractivity contribution in [2.45, 2.75) is 6.04 Å². The Hall–Kier alpha value is -1.59. The van der Waals surface area contributed by atoms with E-state index in [0.29, 0.717) is 18.8 Å². The molecule has 0 saturated heterocycles. The van der Waals surface area contributed by atoms with E-state index in [1.54, 1.807) is 5.01 Å². The van der Waals surface area contributed by atoms with E-state index in [1.807, 2.05) is 24.3 Å². The highest BCUT2D eigenvalue weighted by Crippen LogP contribution is 2.25. The Morgan fingerprint density at radius 1 is 1.62 bits per heavy atom. The minimum atomic E-state index is -0.335. The van der Waals surface area contributed by atoms with Crippen LogP contribution >= 0.6 is 0 Å². The topological polar surface area (TPSA) is 67.6 Å². The van der Waals surface area contributed by atoms with Gasteiger partial charge in [-0.1, -0.05) is 24.3 Å². The van der Waals surface area contributed by atoms with Crippen molar-refractivity contribution in [3.05, 3.63) is 35.6 Å². The molecule has 0 spiro atoms. The second-order valence-corrected chi connectivity index (χ2v) is 3.59. The number of hydrazine groups is 1. The molecule has 2 rings (SSSR count). The van der Waals surface area contributed by atoms with Crippen LogP contribution in [0.2, 0.25) is 0 Å². The van der Waals surface area contributed by atoms with Gasteiger partial charge in [-0.2, -0.15) is 0 Å². The first-order valence-electron chi connectivity index (χ1n) is 5.19. The number of allylic oxidation sites excluding steroid dienone is 2. The Kier molecular flexibility index (Phi) is 3.07. The van der Waals surface area contributed by atoms with E-state index in [-0.39, 0.29) is 12.0 Å². The van der Waals surface area contributed by atoms with Crippen LogP contribution in [0.5, 0.6) is 0 Å². The summed E-state index contributed by atoms with van der Waals surface area (Å²) in [6.45, 7) is 1.05. The van der Waals surface area contributed by atoms with Crippen molar-refractivity contribution in [3.63, 3.8) is 0 Å². The molecule has 1 unspecified atom stereocenters. The number of nitrogens with zero attached hydrogens (tertiary/aromatic N) is 1. The molecule has 1 heterocycles. The minimum absolute atomic E-state index is 0.0469. The number of hydrogen-bond donors (Lipinski definition) is 2. The summed E-state index contributed by atoms with van der Waals surface area (Å²) < 4.78 is 4.78. The largest absolute Gasteiger partial charge is 0.464 e. The average Bonchev–Trinajstić information content (AvgIpc) is 2.66. The predicted molar refractivity (Wildman–Crippen MR) is 60.0 cm³/mol. The molecule has 1 aliphatic carbocycles. The molecule has 2 aliphatic rings. The summed E-state index contributed by atoms with van der Waals surface area (Å²) in [4.78, 5) is 11.7. The third-order valence-corrected chi connectivity index (χ3v) is 2.60. The fourth-order valence-corrected chi connectivity index (χ4v) is 1.90. The van der Waals surface area contributed by atoms with E-state index >= 15 is 0 Å². The Labute approximate surface area is 94.2 Å². The van der Waals surface area contributed by atoms with E-state index in [9.17, 15) is 4.79 Å². The van der Waals surface area contributed by atoms with Crippen LogP contribution in [0.25, 0.3) is 0 Å². The Morgan fingerprint density at radius 2 is 2.44 bits per heavy atom. The lowest BCUT2D eigenvalue weighted by Crippen LogP contribution is -2.41. The van der Waals surface area contributed by atoms with Crippen LogP contribution in [0.15, 0.2) is 35.6 Å². The number of nitrogens with one attached hydrogen (secondary N) is 1. The van der Waals surface area contributed by atoms with Gasteiger partial charge in [0.1, 0.15) is 5.70 Å². The van der Waals surface area contributed by atoms with Gasteiger partial charge in [0.25, 0.3) is 0 Å². The molecule has 3 N–H and O–H groups in total. The molecule has 5 heteroatoms. The van der Waals surface area contributed by atoms with Crippen molar-refractivity contribution in [1.29, 1.82) is 0 Å². The summed E-state index contributed by atoms with van der Waals surface area (Å²) in [7, 11) is 1.38. The van der Waals surface area contributed by atoms with E-state index in [1.165, 1.54) is 7.11 Å². The molecule has 86 valence electrons. The van der Waals surface area contributed by atoms with E-state index < -0.39 is 0 Å². The smallest absolute Gasteiger partial charge is 0.356 e. The molecule has 0 aromatic heterocycles. The van der Waals surface area contributed by atoms with Gasteiger partial charge in [-0.05, 0) is 0 Å². The summed E-state index contributed by atoms with van der Waals surface area (Å²) in [5.74, 6) is -0.335. The zero-order chi connectivity index (χ0) is 11.5. The normalized spacial score (nSPS) is 22.6. The van der Waals surface area contributed by atoms with E-state index in [0.717, 1.165) is 5.57 Å².